The number of carboxylic acids is 1. The van der Waals surface area contributed by atoms with Crippen molar-refractivity contribution < 1.29 is 40.2 Å². The first-order valence-corrected chi connectivity index (χ1v) is 6.89. The molecule has 0 amide bonds. The minimum absolute atomic E-state index is 0.148. The Morgan fingerprint density at radius 3 is 2.43 bits per heavy atom. The molecule has 8 nitrogen and oxygen atoms in total. The number of aromatic hydroxyl groups is 1. The van der Waals surface area contributed by atoms with Gasteiger partial charge >= 0.3 is 5.97 Å². The molecular weight excluding hydrogens is 308 g/mol. The monoisotopic (exact) mass is 326 g/mol. The molecule has 0 saturated carbocycles. The van der Waals surface area contributed by atoms with E-state index in [4.69, 9.17) is 14.9 Å². The van der Waals surface area contributed by atoms with Crippen LogP contribution in [0.1, 0.15) is 17.2 Å². The van der Waals surface area contributed by atoms with Crippen LogP contribution in [-0.2, 0) is 9.53 Å². The van der Waals surface area contributed by atoms with Crippen LogP contribution in [0.15, 0.2) is 24.3 Å². The third-order valence-electron chi connectivity index (χ3n) is 3.67. The lowest BCUT2D eigenvalue weighted by Gasteiger charge is -2.40. The van der Waals surface area contributed by atoms with Crippen LogP contribution in [-0.4, -0.2) is 67.6 Å². The van der Waals surface area contributed by atoms with E-state index in [1.165, 1.54) is 24.3 Å². The summed E-state index contributed by atoms with van der Waals surface area (Å²) in [7, 11) is 0. The Bertz CT molecular complexity index is 597. The molecule has 1 aromatic carbocycles. The lowest BCUT2D eigenvalue weighted by Crippen LogP contribution is -2.55. The predicted molar refractivity (Wildman–Crippen MR) is 77.5 cm³/mol. The predicted octanol–water partition coefficient (Wildman–Crippen LogP) is -0.995. The van der Waals surface area contributed by atoms with Gasteiger partial charge in [0.25, 0.3) is 0 Å². The summed E-state index contributed by atoms with van der Waals surface area (Å²) in [5.74, 6) is -1.41. The minimum Gasteiger partial charge on any atom is -0.508 e. The number of rotatable bonds is 4. The van der Waals surface area contributed by atoms with E-state index in [1.807, 2.05) is 0 Å². The van der Waals surface area contributed by atoms with Gasteiger partial charge in [0.05, 0.1) is 6.61 Å². The zero-order valence-electron chi connectivity index (χ0n) is 12.0. The molecule has 0 radical (unpaired) electrons. The Morgan fingerprint density at radius 2 is 1.87 bits per heavy atom. The van der Waals surface area contributed by atoms with Gasteiger partial charge in [-0.2, -0.15) is 0 Å². The van der Waals surface area contributed by atoms with Gasteiger partial charge in [-0.1, -0.05) is 12.1 Å². The summed E-state index contributed by atoms with van der Waals surface area (Å²) >= 11 is 0. The van der Waals surface area contributed by atoms with Gasteiger partial charge in [-0.3, -0.25) is 0 Å². The van der Waals surface area contributed by atoms with Gasteiger partial charge in [0, 0.05) is 11.6 Å². The molecular formula is C15H18O8. The van der Waals surface area contributed by atoms with Crippen LogP contribution in [0, 0.1) is 0 Å². The third kappa shape index (κ3) is 3.69. The molecule has 1 aromatic rings. The molecule has 23 heavy (non-hydrogen) atoms. The number of phenols is 1. The standard InChI is InChI=1S/C15H18O8/c16-6-10-12(20)13(21)14(22)15(23-10)8-3-1-7(5-9(8)17)2-4-11(18)19/h1-5,10,12-17,20-22H,6H2,(H,18,19)/t10-,12-,13+,14-,15?/m1/s1. The van der Waals surface area contributed by atoms with Crippen molar-refractivity contribution in [3.8, 4) is 5.75 Å². The van der Waals surface area contributed by atoms with Gasteiger partial charge in [-0.25, -0.2) is 4.79 Å². The summed E-state index contributed by atoms with van der Waals surface area (Å²) in [6.45, 7) is -0.568. The van der Waals surface area contributed by atoms with E-state index in [0.29, 0.717) is 5.56 Å². The molecule has 1 unspecified atom stereocenters. The van der Waals surface area contributed by atoms with Crippen molar-refractivity contribution in [3.05, 3.63) is 35.4 Å². The zero-order chi connectivity index (χ0) is 17.1. The highest BCUT2D eigenvalue weighted by molar-refractivity contribution is 5.85. The first-order valence-electron chi connectivity index (χ1n) is 6.89. The lowest BCUT2D eigenvalue weighted by atomic mass is 9.90. The largest absolute Gasteiger partial charge is 0.508 e. The van der Waals surface area contributed by atoms with Gasteiger partial charge in [0.1, 0.15) is 36.3 Å². The molecule has 5 atom stereocenters. The van der Waals surface area contributed by atoms with Crippen molar-refractivity contribution in [1.29, 1.82) is 0 Å². The topological polar surface area (TPSA) is 148 Å². The molecule has 8 heteroatoms. The first-order chi connectivity index (χ1) is 10.8. The second kappa shape index (κ2) is 7.07. The SMILES string of the molecule is O=C(O)C=Cc1ccc(C2O[C@H](CO)[C@@H](O)[C@H](O)[C@H]2O)c(O)c1. The molecule has 1 fully saturated rings. The average molecular weight is 326 g/mol. The first kappa shape index (κ1) is 17.4. The van der Waals surface area contributed by atoms with E-state index in [0.717, 1.165) is 6.08 Å². The fourth-order valence-corrected chi connectivity index (χ4v) is 2.43. The average Bonchev–Trinajstić information content (AvgIpc) is 2.52. The Kier molecular flexibility index (Phi) is 5.34. The number of benzene rings is 1. The van der Waals surface area contributed by atoms with Crippen molar-refractivity contribution in [2.45, 2.75) is 30.5 Å². The highest BCUT2D eigenvalue weighted by Gasteiger charge is 2.44. The van der Waals surface area contributed by atoms with Crippen molar-refractivity contribution >= 4 is 12.0 Å². The summed E-state index contributed by atoms with van der Waals surface area (Å²) in [5, 5.41) is 57.3. The Morgan fingerprint density at radius 1 is 1.17 bits per heavy atom. The Hall–Kier alpha value is -1.97. The molecule has 0 aromatic heterocycles. The van der Waals surface area contributed by atoms with Crippen molar-refractivity contribution in [2.75, 3.05) is 6.61 Å². The Labute approximate surface area is 131 Å². The molecule has 1 saturated heterocycles. The number of carboxylic acid groups (broad SMARTS) is 1. The number of ether oxygens (including phenoxy) is 1. The molecule has 2 rings (SSSR count). The number of aliphatic carboxylic acids is 1. The smallest absolute Gasteiger partial charge is 0.328 e. The number of aliphatic hydroxyl groups excluding tert-OH is 4. The molecule has 6 N–H and O–H groups in total. The normalized spacial score (nSPS) is 31.4. The van der Waals surface area contributed by atoms with Gasteiger partial charge < -0.3 is 35.4 Å². The van der Waals surface area contributed by atoms with Crippen molar-refractivity contribution in [2.24, 2.45) is 0 Å². The highest BCUT2D eigenvalue weighted by atomic mass is 16.5. The maximum absolute atomic E-state index is 10.5. The van der Waals surface area contributed by atoms with E-state index < -0.39 is 43.1 Å². The molecule has 1 aliphatic heterocycles. The highest BCUT2D eigenvalue weighted by Crippen LogP contribution is 2.36. The van der Waals surface area contributed by atoms with Crippen LogP contribution >= 0.6 is 0 Å². The van der Waals surface area contributed by atoms with Crippen LogP contribution in [0.4, 0.5) is 0 Å². The van der Waals surface area contributed by atoms with E-state index >= 15 is 0 Å². The van der Waals surface area contributed by atoms with Gasteiger partial charge in [0.15, 0.2) is 0 Å². The van der Waals surface area contributed by atoms with Gasteiger partial charge in [-0.15, -0.1) is 0 Å². The molecule has 0 bridgehead atoms. The van der Waals surface area contributed by atoms with Crippen LogP contribution in [0.5, 0.6) is 5.75 Å². The zero-order valence-corrected chi connectivity index (χ0v) is 12.0. The molecule has 1 aliphatic rings. The quantitative estimate of drug-likeness (QED) is 0.386. The molecule has 126 valence electrons. The second-order valence-electron chi connectivity index (χ2n) is 5.24. The summed E-state index contributed by atoms with van der Waals surface area (Å²) < 4.78 is 5.35. The fourth-order valence-electron chi connectivity index (χ4n) is 2.43. The number of hydrogen-bond donors (Lipinski definition) is 6. The van der Waals surface area contributed by atoms with Crippen LogP contribution in [0.25, 0.3) is 6.08 Å². The summed E-state index contributed by atoms with van der Waals surface area (Å²) in [4.78, 5) is 10.5. The van der Waals surface area contributed by atoms with E-state index in [2.05, 4.69) is 0 Å². The molecule has 0 aliphatic carbocycles. The van der Waals surface area contributed by atoms with E-state index in [9.17, 15) is 25.2 Å². The van der Waals surface area contributed by atoms with Gasteiger partial charge in [0.2, 0.25) is 0 Å². The Balaban J connectivity index is 2.28. The van der Waals surface area contributed by atoms with Crippen LogP contribution < -0.4 is 0 Å². The number of aliphatic hydroxyl groups is 4. The van der Waals surface area contributed by atoms with Crippen molar-refractivity contribution in [1.82, 2.24) is 0 Å². The maximum atomic E-state index is 10.5. The maximum Gasteiger partial charge on any atom is 0.328 e. The summed E-state index contributed by atoms with van der Waals surface area (Å²) in [6, 6.07) is 4.18. The van der Waals surface area contributed by atoms with Crippen molar-refractivity contribution in [3.63, 3.8) is 0 Å². The number of carbonyl (C=O) groups is 1. The fraction of sp³-hybridized carbons (Fsp3) is 0.400. The van der Waals surface area contributed by atoms with Gasteiger partial charge in [-0.05, 0) is 17.7 Å². The summed E-state index contributed by atoms with van der Waals surface area (Å²) in [5.41, 5.74) is 0.563. The van der Waals surface area contributed by atoms with Crippen LogP contribution in [0.3, 0.4) is 0 Å². The van der Waals surface area contributed by atoms with E-state index in [-0.39, 0.29) is 11.3 Å². The number of hydrogen-bond acceptors (Lipinski definition) is 7. The second-order valence-corrected chi connectivity index (χ2v) is 5.24. The third-order valence-corrected chi connectivity index (χ3v) is 3.67. The molecule has 1 heterocycles. The lowest BCUT2D eigenvalue weighted by molar-refractivity contribution is -0.232. The summed E-state index contributed by atoms with van der Waals surface area (Å²) in [6.07, 6.45) is -4.57. The molecule has 0 spiro atoms. The van der Waals surface area contributed by atoms with Crippen LogP contribution in [0.2, 0.25) is 0 Å². The number of phenolic OH excluding ortho intramolecular Hbond substituents is 1. The van der Waals surface area contributed by atoms with E-state index in [1.54, 1.807) is 0 Å². The minimum atomic E-state index is -1.54.